The first kappa shape index (κ1) is 19.8. The topological polar surface area (TPSA) is 45.4 Å². The summed E-state index contributed by atoms with van der Waals surface area (Å²) >= 11 is 0. The van der Waals surface area contributed by atoms with E-state index in [0.717, 1.165) is 37.9 Å². The summed E-state index contributed by atoms with van der Waals surface area (Å²) in [6.07, 6.45) is 0. The van der Waals surface area contributed by atoms with Crippen LogP contribution >= 0.6 is 0 Å². The monoisotopic (exact) mass is 390 g/mol. The highest BCUT2D eigenvalue weighted by atomic mass is 16.5. The lowest BCUT2D eigenvalue weighted by molar-refractivity contribution is 0.0726. The Kier molecular flexibility index (Phi) is 6.07. The fourth-order valence-electron chi connectivity index (χ4n) is 4.08. The molecule has 4 rings (SSSR count). The van der Waals surface area contributed by atoms with Crippen molar-refractivity contribution in [2.24, 2.45) is 0 Å². The van der Waals surface area contributed by atoms with Gasteiger partial charge in [-0.3, -0.25) is 9.80 Å². The molecule has 1 aromatic heterocycles. The third kappa shape index (κ3) is 4.41. The largest absolute Gasteiger partial charge is 0.338 e. The molecule has 0 saturated carbocycles. The van der Waals surface area contributed by atoms with Crippen LogP contribution in [0.2, 0.25) is 0 Å². The zero-order chi connectivity index (χ0) is 20.2. The van der Waals surface area contributed by atoms with E-state index < -0.39 is 0 Å². The van der Waals surface area contributed by atoms with Gasteiger partial charge in [0.1, 0.15) is 0 Å². The summed E-state index contributed by atoms with van der Waals surface area (Å²) in [4.78, 5) is 9.63. The molecule has 1 fully saturated rings. The first-order chi connectivity index (χ1) is 14.1. The van der Waals surface area contributed by atoms with Gasteiger partial charge in [0.25, 0.3) is 0 Å². The molecule has 29 heavy (non-hydrogen) atoms. The average molecular weight is 391 g/mol. The molecule has 1 unspecified atom stereocenters. The van der Waals surface area contributed by atoms with Crippen LogP contribution in [0.15, 0.2) is 65.2 Å². The van der Waals surface area contributed by atoms with Crippen LogP contribution in [0.25, 0.3) is 0 Å². The molecule has 0 radical (unpaired) electrons. The lowest BCUT2D eigenvalue weighted by atomic mass is 9.96. The number of benzene rings is 2. The van der Waals surface area contributed by atoms with E-state index in [1.54, 1.807) is 0 Å². The Balaban J connectivity index is 1.48. The van der Waals surface area contributed by atoms with Crippen molar-refractivity contribution in [1.29, 1.82) is 0 Å². The third-order valence-corrected chi connectivity index (χ3v) is 5.82. The molecule has 2 aromatic carbocycles. The Bertz CT molecular complexity index is 846. The Morgan fingerprint density at radius 3 is 1.76 bits per heavy atom. The zero-order valence-electron chi connectivity index (χ0n) is 17.5. The van der Waals surface area contributed by atoms with Gasteiger partial charge in [-0.25, -0.2) is 0 Å². The van der Waals surface area contributed by atoms with E-state index in [0.29, 0.717) is 0 Å². The Morgan fingerprint density at radius 1 is 0.759 bits per heavy atom. The standard InChI is InChI=1S/C24H30N4O/c1-18(2)23-25-24(29-26-23)19(3)27-14-16-28(17-15-27)22(20-10-6-4-7-11-20)21-12-8-5-9-13-21/h4-13,18-19,22H,14-17H2,1-3H3. The summed E-state index contributed by atoms with van der Waals surface area (Å²) < 4.78 is 5.54. The highest BCUT2D eigenvalue weighted by Gasteiger charge is 2.30. The van der Waals surface area contributed by atoms with Crippen LogP contribution in [0.3, 0.4) is 0 Å². The second kappa shape index (κ2) is 8.89. The summed E-state index contributed by atoms with van der Waals surface area (Å²) in [7, 11) is 0. The van der Waals surface area contributed by atoms with E-state index in [-0.39, 0.29) is 18.0 Å². The average Bonchev–Trinajstić information content (AvgIpc) is 3.26. The van der Waals surface area contributed by atoms with E-state index >= 15 is 0 Å². The first-order valence-electron chi connectivity index (χ1n) is 10.5. The van der Waals surface area contributed by atoms with Crippen LogP contribution in [0, 0.1) is 0 Å². The van der Waals surface area contributed by atoms with E-state index in [1.165, 1.54) is 11.1 Å². The molecule has 2 heterocycles. The quantitative estimate of drug-likeness (QED) is 0.612. The van der Waals surface area contributed by atoms with Gasteiger partial charge in [-0.1, -0.05) is 79.7 Å². The summed E-state index contributed by atoms with van der Waals surface area (Å²) in [6.45, 7) is 10.3. The highest BCUT2D eigenvalue weighted by molar-refractivity contribution is 5.32. The second-order valence-corrected chi connectivity index (χ2v) is 8.12. The van der Waals surface area contributed by atoms with Crippen LogP contribution in [0.1, 0.15) is 61.6 Å². The van der Waals surface area contributed by atoms with E-state index in [9.17, 15) is 0 Å². The van der Waals surface area contributed by atoms with E-state index in [1.807, 2.05) is 0 Å². The minimum Gasteiger partial charge on any atom is -0.338 e. The molecule has 5 heteroatoms. The normalized spacial score (nSPS) is 17.1. The van der Waals surface area contributed by atoms with E-state index in [4.69, 9.17) is 4.52 Å². The van der Waals surface area contributed by atoms with Gasteiger partial charge in [-0.2, -0.15) is 4.98 Å². The van der Waals surface area contributed by atoms with Crippen LogP contribution in [-0.2, 0) is 0 Å². The summed E-state index contributed by atoms with van der Waals surface area (Å²) in [5.41, 5.74) is 2.69. The Labute approximate surface area is 173 Å². The summed E-state index contributed by atoms with van der Waals surface area (Å²) in [5.74, 6) is 1.80. The number of rotatable bonds is 6. The number of aromatic nitrogens is 2. The van der Waals surface area contributed by atoms with Crippen LogP contribution < -0.4 is 0 Å². The molecule has 1 aliphatic heterocycles. The Morgan fingerprint density at radius 2 is 1.28 bits per heavy atom. The number of hydrogen-bond donors (Lipinski definition) is 0. The molecule has 1 saturated heterocycles. The van der Waals surface area contributed by atoms with Crippen LogP contribution in [0.4, 0.5) is 0 Å². The molecule has 0 N–H and O–H groups in total. The van der Waals surface area contributed by atoms with Gasteiger partial charge in [-0.15, -0.1) is 0 Å². The van der Waals surface area contributed by atoms with Crippen molar-refractivity contribution in [3.63, 3.8) is 0 Å². The van der Waals surface area contributed by atoms with Crippen molar-refractivity contribution in [3.8, 4) is 0 Å². The fraction of sp³-hybridized carbons (Fsp3) is 0.417. The molecule has 0 amide bonds. The Hall–Kier alpha value is -2.50. The van der Waals surface area contributed by atoms with Crippen molar-refractivity contribution in [2.45, 2.75) is 38.8 Å². The van der Waals surface area contributed by atoms with Crippen molar-refractivity contribution >= 4 is 0 Å². The maximum Gasteiger partial charge on any atom is 0.243 e. The van der Waals surface area contributed by atoms with Gasteiger partial charge < -0.3 is 4.52 Å². The first-order valence-corrected chi connectivity index (χ1v) is 10.5. The molecule has 1 aliphatic rings. The molecular formula is C24H30N4O. The van der Waals surface area contributed by atoms with Crippen LogP contribution in [-0.4, -0.2) is 46.1 Å². The molecule has 0 bridgehead atoms. The number of nitrogens with zero attached hydrogens (tertiary/aromatic N) is 4. The fourth-order valence-corrected chi connectivity index (χ4v) is 4.08. The minimum atomic E-state index is 0.143. The number of piperazine rings is 1. The minimum absolute atomic E-state index is 0.143. The van der Waals surface area contributed by atoms with Gasteiger partial charge in [0.2, 0.25) is 5.89 Å². The molecule has 3 aromatic rings. The molecular weight excluding hydrogens is 360 g/mol. The number of hydrogen-bond acceptors (Lipinski definition) is 5. The van der Waals surface area contributed by atoms with Crippen LogP contribution in [0.5, 0.6) is 0 Å². The summed E-state index contributed by atoms with van der Waals surface area (Å²) in [6, 6.07) is 22.1. The van der Waals surface area contributed by atoms with Gasteiger partial charge in [-0.05, 0) is 18.1 Å². The molecule has 152 valence electrons. The van der Waals surface area contributed by atoms with Gasteiger partial charge >= 0.3 is 0 Å². The van der Waals surface area contributed by atoms with Crippen molar-refractivity contribution in [1.82, 2.24) is 19.9 Å². The van der Waals surface area contributed by atoms with Crippen molar-refractivity contribution in [3.05, 3.63) is 83.5 Å². The third-order valence-electron chi connectivity index (χ3n) is 5.82. The molecule has 0 aliphatic carbocycles. The molecule has 1 atom stereocenters. The predicted octanol–water partition coefficient (Wildman–Crippen LogP) is 4.66. The predicted molar refractivity (Wildman–Crippen MR) is 115 cm³/mol. The lowest BCUT2D eigenvalue weighted by Crippen LogP contribution is -2.48. The maximum absolute atomic E-state index is 5.54. The van der Waals surface area contributed by atoms with Crippen molar-refractivity contribution < 1.29 is 4.52 Å². The van der Waals surface area contributed by atoms with Gasteiger partial charge in [0.05, 0.1) is 12.1 Å². The van der Waals surface area contributed by atoms with E-state index in [2.05, 4.69) is 101 Å². The van der Waals surface area contributed by atoms with Gasteiger partial charge in [0.15, 0.2) is 5.82 Å². The summed E-state index contributed by atoms with van der Waals surface area (Å²) in [5, 5.41) is 4.13. The van der Waals surface area contributed by atoms with Crippen molar-refractivity contribution in [2.75, 3.05) is 26.2 Å². The SMILES string of the molecule is CC(C)c1noc(C(C)N2CCN(C(c3ccccc3)c3ccccc3)CC2)n1. The highest BCUT2D eigenvalue weighted by Crippen LogP contribution is 2.31. The smallest absolute Gasteiger partial charge is 0.243 e. The zero-order valence-corrected chi connectivity index (χ0v) is 17.5. The van der Waals surface area contributed by atoms with Gasteiger partial charge in [0, 0.05) is 32.1 Å². The molecule has 5 nitrogen and oxygen atoms in total. The maximum atomic E-state index is 5.54. The molecule has 0 spiro atoms. The second-order valence-electron chi connectivity index (χ2n) is 8.12. The lowest BCUT2D eigenvalue weighted by Gasteiger charge is -2.41.